The van der Waals surface area contributed by atoms with Gasteiger partial charge in [-0.05, 0) is 73.2 Å². The molecule has 1 heterocycles. The Morgan fingerprint density at radius 2 is 1.73 bits per heavy atom. The molecule has 0 N–H and O–H groups in total. The molecule has 7 heteroatoms. The predicted molar refractivity (Wildman–Crippen MR) is 95.4 cm³/mol. The van der Waals surface area contributed by atoms with Gasteiger partial charge in [0.2, 0.25) is 11.7 Å². The van der Waals surface area contributed by atoms with E-state index >= 15 is 0 Å². The van der Waals surface area contributed by atoms with Crippen molar-refractivity contribution in [2.75, 3.05) is 0 Å². The first kappa shape index (κ1) is 16.8. The molecule has 0 saturated heterocycles. The van der Waals surface area contributed by atoms with Crippen molar-refractivity contribution in [3.63, 3.8) is 0 Å². The van der Waals surface area contributed by atoms with Crippen molar-refractivity contribution in [1.82, 2.24) is 10.1 Å². The summed E-state index contributed by atoms with van der Waals surface area (Å²) in [6.45, 7) is 1.71. The van der Waals surface area contributed by atoms with Gasteiger partial charge in [0.15, 0.2) is 0 Å². The molecule has 1 aliphatic rings. The van der Waals surface area contributed by atoms with E-state index in [4.69, 9.17) is 8.71 Å². The lowest BCUT2D eigenvalue weighted by molar-refractivity contribution is 0.394. The molecule has 3 aromatic rings. The molecule has 134 valence electrons. The quantitative estimate of drug-likeness (QED) is 0.652. The van der Waals surface area contributed by atoms with E-state index in [0.29, 0.717) is 11.7 Å². The smallest absolute Gasteiger partial charge is 0.339 e. The lowest BCUT2D eigenvalue weighted by Crippen LogP contribution is -2.12. The van der Waals surface area contributed by atoms with E-state index in [1.54, 1.807) is 43.3 Å². The molecular formula is C19H18N2O4S. The van der Waals surface area contributed by atoms with Gasteiger partial charge in [0.05, 0.1) is 0 Å². The van der Waals surface area contributed by atoms with Crippen molar-refractivity contribution in [2.45, 2.75) is 37.5 Å². The summed E-state index contributed by atoms with van der Waals surface area (Å²) in [5, 5.41) is 3.83. The molecule has 0 aliphatic heterocycles. The van der Waals surface area contributed by atoms with Crippen molar-refractivity contribution < 1.29 is 17.1 Å². The summed E-state index contributed by atoms with van der Waals surface area (Å²) in [4.78, 5) is 4.33. The van der Waals surface area contributed by atoms with Gasteiger partial charge < -0.3 is 8.71 Å². The summed E-state index contributed by atoms with van der Waals surface area (Å²) in [7, 11) is -3.87. The normalized spacial score (nSPS) is 14.0. The second kappa shape index (κ2) is 6.57. The van der Waals surface area contributed by atoms with Crippen LogP contribution in [0.3, 0.4) is 0 Å². The van der Waals surface area contributed by atoms with E-state index in [9.17, 15) is 8.42 Å². The van der Waals surface area contributed by atoms with E-state index < -0.39 is 10.1 Å². The molecule has 1 aromatic heterocycles. The third-order valence-corrected chi connectivity index (χ3v) is 5.70. The van der Waals surface area contributed by atoms with Crippen LogP contribution in [-0.4, -0.2) is 18.6 Å². The lowest BCUT2D eigenvalue weighted by atomic mass is 9.92. The summed E-state index contributed by atoms with van der Waals surface area (Å²) in [5.74, 6) is 1.16. The molecule has 2 aromatic carbocycles. The molecule has 1 aliphatic carbocycles. The van der Waals surface area contributed by atoms with Crippen molar-refractivity contribution in [3.8, 4) is 17.1 Å². The molecular weight excluding hydrogens is 352 g/mol. The van der Waals surface area contributed by atoms with Gasteiger partial charge >= 0.3 is 10.1 Å². The molecule has 0 fully saturated rings. The molecule has 0 bridgehead atoms. The van der Waals surface area contributed by atoms with Crippen LogP contribution in [0.5, 0.6) is 5.75 Å². The Kier molecular flexibility index (Phi) is 4.24. The number of aryl methyl sites for hydroxylation is 3. The van der Waals surface area contributed by atoms with Crippen LogP contribution in [0.25, 0.3) is 11.4 Å². The van der Waals surface area contributed by atoms with E-state index in [1.165, 1.54) is 5.56 Å². The van der Waals surface area contributed by atoms with Crippen LogP contribution in [0.2, 0.25) is 0 Å². The molecule has 0 unspecified atom stereocenters. The number of nitrogens with zero attached hydrogens (tertiary/aromatic N) is 2. The first-order valence-corrected chi connectivity index (χ1v) is 9.89. The van der Waals surface area contributed by atoms with Crippen LogP contribution < -0.4 is 4.18 Å². The highest BCUT2D eigenvalue weighted by Crippen LogP contribution is 2.27. The van der Waals surface area contributed by atoms with Gasteiger partial charge in [-0.25, -0.2) is 0 Å². The van der Waals surface area contributed by atoms with Crippen molar-refractivity contribution in [2.24, 2.45) is 0 Å². The Balaban J connectivity index is 1.56. The summed E-state index contributed by atoms with van der Waals surface area (Å²) in [6, 6.07) is 11.8. The van der Waals surface area contributed by atoms with Crippen molar-refractivity contribution in [1.29, 1.82) is 0 Å². The van der Waals surface area contributed by atoms with Gasteiger partial charge in [-0.3, -0.25) is 0 Å². The third-order valence-electron chi connectivity index (χ3n) is 4.45. The maximum absolute atomic E-state index is 12.6. The van der Waals surface area contributed by atoms with Crippen LogP contribution in [0.15, 0.2) is 51.9 Å². The number of hydrogen-bond acceptors (Lipinski definition) is 6. The monoisotopic (exact) mass is 370 g/mol. The first-order valence-electron chi connectivity index (χ1n) is 8.48. The maximum atomic E-state index is 12.6. The van der Waals surface area contributed by atoms with Gasteiger partial charge in [-0.15, -0.1) is 0 Å². The summed E-state index contributed by atoms with van der Waals surface area (Å²) >= 11 is 0. The minimum absolute atomic E-state index is 0.191. The molecule has 0 saturated carbocycles. The van der Waals surface area contributed by atoms with E-state index in [1.807, 2.05) is 6.07 Å². The Bertz CT molecular complexity index is 1040. The molecule has 0 amide bonds. The second-order valence-electron chi connectivity index (χ2n) is 6.34. The summed E-state index contributed by atoms with van der Waals surface area (Å²) < 4.78 is 35.4. The Hall–Kier alpha value is -2.67. The number of rotatable bonds is 4. The van der Waals surface area contributed by atoms with E-state index in [2.05, 4.69) is 10.1 Å². The molecule has 6 nitrogen and oxygen atoms in total. The molecule has 26 heavy (non-hydrogen) atoms. The molecule has 4 rings (SSSR count). The lowest BCUT2D eigenvalue weighted by Gasteiger charge is -2.16. The minimum atomic E-state index is -3.87. The van der Waals surface area contributed by atoms with Crippen molar-refractivity contribution >= 4 is 10.1 Å². The van der Waals surface area contributed by atoms with Crippen molar-refractivity contribution in [3.05, 3.63) is 59.5 Å². The average Bonchev–Trinajstić information content (AvgIpc) is 3.08. The first-order chi connectivity index (χ1) is 12.5. The fourth-order valence-electron chi connectivity index (χ4n) is 3.12. The number of benzene rings is 2. The van der Waals surface area contributed by atoms with Crippen LogP contribution >= 0.6 is 0 Å². The summed E-state index contributed by atoms with van der Waals surface area (Å²) in [5.41, 5.74) is 3.05. The predicted octanol–water partition coefficient (Wildman–Crippen LogP) is 3.69. The van der Waals surface area contributed by atoms with E-state index in [0.717, 1.165) is 36.8 Å². The van der Waals surface area contributed by atoms with Gasteiger partial charge in [0.25, 0.3) is 0 Å². The zero-order valence-corrected chi connectivity index (χ0v) is 15.1. The highest BCUT2D eigenvalue weighted by Gasteiger charge is 2.20. The zero-order valence-electron chi connectivity index (χ0n) is 14.3. The SMILES string of the molecule is Cc1nc(-c2ccc(OS(=O)(=O)c3ccc4c(c3)CCCC4)cc2)no1. The third kappa shape index (κ3) is 3.35. The maximum Gasteiger partial charge on any atom is 0.339 e. The summed E-state index contributed by atoms with van der Waals surface area (Å²) in [6.07, 6.45) is 4.17. The van der Waals surface area contributed by atoms with Gasteiger partial charge in [0.1, 0.15) is 10.6 Å². The van der Waals surface area contributed by atoms with Gasteiger partial charge in [-0.1, -0.05) is 11.2 Å². The van der Waals surface area contributed by atoms with Crippen LogP contribution in [0.4, 0.5) is 0 Å². The fraction of sp³-hybridized carbons (Fsp3) is 0.263. The molecule has 0 spiro atoms. The fourth-order valence-corrected chi connectivity index (χ4v) is 4.10. The van der Waals surface area contributed by atoms with E-state index in [-0.39, 0.29) is 10.6 Å². The average molecular weight is 370 g/mol. The van der Waals surface area contributed by atoms with Crippen LogP contribution in [0, 0.1) is 6.92 Å². The topological polar surface area (TPSA) is 82.3 Å². The molecule has 0 radical (unpaired) electrons. The Morgan fingerprint density at radius 1 is 1.00 bits per heavy atom. The standard InChI is InChI=1S/C19H18N2O4S/c1-13-20-19(21-24-13)15-6-9-17(10-7-15)25-26(22,23)18-11-8-14-4-2-3-5-16(14)12-18/h6-12H,2-5H2,1H3. The zero-order chi connectivity index (χ0) is 18.1. The largest absolute Gasteiger partial charge is 0.379 e. The Labute approximate surface area is 151 Å². The number of hydrogen-bond donors (Lipinski definition) is 0. The molecule has 0 atom stereocenters. The van der Waals surface area contributed by atoms with Gasteiger partial charge in [-0.2, -0.15) is 13.4 Å². The minimum Gasteiger partial charge on any atom is -0.379 e. The van der Waals surface area contributed by atoms with Crippen LogP contribution in [0.1, 0.15) is 29.9 Å². The Morgan fingerprint density at radius 3 is 2.42 bits per heavy atom. The second-order valence-corrected chi connectivity index (χ2v) is 7.88. The highest BCUT2D eigenvalue weighted by atomic mass is 32.2. The van der Waals surface area contributed by atoms with Crippen LogP contribution in [-0.2, 0) is 23.0 Å². The number of aromatic nitrogens is 2. The highest BCUT2D eigenvalue weighted by molar-refractivity contribution is 7.87. The number of fused-ring (bicyclic) bond motifs is 1. The van der Waals surface area contributed by atoms with Gasteiger partial charge in [0, 0.05) is 12.5 Å².